The van der Waals surface area contributed by atoms with Gasteiger partial charge in [0.15, 0.2) is 0 Å². The Hall–Kier alpha value is -1.29. The first-order chi connectivity index (χ1) is 10.8. The van der Waals surface area contributed by atoms with Gasteiger partial charge in [-0.15, -0.1) is 11.8 Å². The van der Waals surface area contributed by atoms with E-state index >= 15 is 0 Å². The number of β-amino-alcohol motifs (C(OH)–C–C–N with tert-alkyl or cyclic N) is 1. The van der Waals surface area contributed by atoms with E-state index in [2.05, 4.69) is 59.7 Å². The van der Waals surface area contributed by atoms with E-state index in [4.69, 9.17) is 0 Å². The Labute approximate surface area is 137 Å². The second kappa shape index (κ2) is 7.32. The Morgan fingerprint density at radius 1 is 1.09 bits per heavy atom. The van der Waals surface area contributed by atoms with Crippen LogP contribution in [0.25, 0.3) is 0 Å². The second-order valence-electron chi connectivity index (χ2n) is 5.96. The van der Waals surface area contributed by atoms with Crippen LogP contribution in [0.3, 0.4) is 0 Å². The normalized spacial score (nSPS) is 22.6. The Kier molecular flexibility index (Phi) is 5.19. The lowest BCUT2D eigenvalue weighted by Crippen LogP contribution is -2.42. The van der Waals surface area contributed by atoms with E-state index in [1.807, 2.05) is 6.07 Å². The van der Waals surface area contributed by atoms with Crippen molar-refractivity contribution in [1.29, 1.82) is 0 Å². The van der Waals surface area contributed by atoms with Gasteiger partial charge in [0.2, 0.25) is 0 Å². The molecular formula is C19H23NOS. The molecule has 1 aliphatic heterocycles. The van der Waals surface area contributed by atoms with E-state index in [-0.39, 0.29) is 12.0 Å². The van der Waals surface area contributed by atoms with Gasteiger partial charge in [0, 0.05) is 23.9 Å². The van der Waals surface area contributed by atoms with Gasteiger partial charge in [0.25, 0.3) is 0 Å². The highest BCUT2D eigenvalue weighted by atomic mass is 32.2. The number of thioether (sulfide) groups is 1. The molecule has 2 aromatic rings. The van der Waals surface area contributed by atoms with Crippen LogP contribution >= 0.6 is 11.8 Å². The van der Waals surface area contributed by atoms with E-state index < -0.39 is 0 Å². The van der Waals surface area contributed by atoms with Gasteiger partial charge >= 0.3 is 0 Å². The van der Waals surface area contributed by atoms with E-state index in [9.17, 15) is 5.11 Å². The molecule has 0 aromatic heterocycles. The lowest BCUT2D eigenvalue weighted by atomic mass is 9.87. The summed E-state index contributed by atoms with van der Waals surface area (Å²) >= 11 is 1.77. The third-order valence-electron chi connectivity index (χ3n) is 4.46. The Bertz CT molecular complexity index is 584. The fourth-order valence-electron chi connectivity index (χ4n) is 3.22. The molecule has 0 radical (unpaired) electrons. The summed E-state index contributed by atoms with van der Waals surface area (Å²) < 4.78 is 0. The minimum atomic E-state index is -0.276. The van der Waals surface area contributed by atoms with Crippen molar-refractivity contribution in [3.63, 3.8) is 0 Å². The van der Waals surface area contributed by atoms with E-state index in [1.54, 1.807) is 11.8 Å². The third-order valence-corrected chi connectivity index (χ3v) is 5.20. The smallest absolute Gasteiger partial charge is 0.0736 e. The van der Waals surface area contributed by atoms with Crippen LogP contribution < -0.4 is 0 Å². The van der Waals surface area contributed by atoms with Crippen molar-refractivity contribution >= 4 is 11.8 Å². The summed E-state index contributed by atoms with van der Waals surface area (Å²) in [5, 5.41) is 10.5. The van der Waals surface area contributed by atoms with Crippen molar-refractivity contribution in [3.8, 4) is 0 Å². The third kappa shape index (κ3) is 3.72. The van der Waals surface area contributed by atoms with Crippen LogP contribution in [0.5, 0.6) is 0 Å². The summed E-state index contributed by atoms with van der Waals surface area (Å²) in [6.45, 7) is 2.72. The SMILES string of the molecule is CSc1ccc(CN2CC[C@H](c3ccccc3)[C@H](O)C2)cc1. The molecule has 3 rings (SSSR count). The maximum atomic E-state index is 10.5. The molecule has 3 heteroatoms. The molecule has 1 fully saturated rings. The highest BCUT2D eigenvalue weighted by Gasteiger charge is 2.28. The fourth-order valence-corrected chi connectivity index (χ4v) is 3.63. The molecule has 1 aliphatic rings. The van der Waals surface area contributed by atoms with Crippen molar-refractivity contribution < 1.29 is 5.11 Å². The van der Waals surface area contributed by atoms with E-state index in [1.165, 1.54) is 16.0 Å². The fraction of sp³-hybridized carbons (Fsp3) is 0.368. The molecule has 1 heterocycles. The van der Waals surface area contributed by atoms with Crippen molar-refractivity contribution in [2.24, 2.45) is 0 Å². The van der Waals surface area contributed by atoms with Crippen LogP contribution in [-0.2, 0) is 6.54 Å². The minimum Gasteiger partial charge on any atom is -0.391 e. The molecule has 0 amide bonds. The molecule has 2 nitrogen and oxygen atoms in total. The molecule has 0 bridgehead atoms. The van der Waals surface area contributed by atoms with E-state index in [0.29, 0.717) is 0 Å². The maximum absolute atomic E-state index is 10.5. The number of benzene rings is 2. The van der Waals surface area contributed by atoms with Gasteiger partial charge in [-0.05, 0) is 42.5 Å². The first-order valence-electron chi connectivity index (χ1n) is 7.84. The van der Waals surface area contributed by atoms with Crippen LogP contribution in [0.2, 0.25) is 0 Å². The second-order valence-corrected chi connectivity index (χ2v) is 6.84. The monoisotopic (exact) mass is 313 g/mol. The van der Waals surface area contributed by atoms with E-state index in [0.717, 1.165) is 26.1 Å². The molecule has 2 atom stereocenters. The van der Waals surface area contributed by atoms with Crippen LogP contribution in [0.4, 0.5) is 0 Å². The van der Waals surface area contributed by atoms with Crippen LogP contribution in [0.15, 0.2) is 59.5 Å². The summed E-state index contributed by atoms with van der Waals surface area (Å²) in [5.41, 5.74) is 2.59. The summed E-state index contributed by atoms with van der Waals surface area (Å²) in [4.78, 5) is 3.66. The van der Waals surface area contributed by atoms with Gasteiger partial charge in [-0.2, -0.15) is 0 Å². The molecule has 0 unspecified atom stereocenters. The van der Waals surface area contributed by atoms with Gasteiger partial charge in [0.05, 0.1) is 6.10 Å². The lowest BCUT2D eigenvalue weighted by molar-refractivity contribution is 0.0477. The molecule has 1 saturated heterocycles. The van der Waals surface area contributed by atoms with Crippen molar-refractivity contribution in [2.75, 3.05) is 19.3 Å². The topological polar surface area (TPSA) is 23.5 Å². The number of rotatable bonds is 4. The minimum absolute atomic E-state index is 0.274. The number of piperidine rings is 1. The van der Waals surface area contributed by atoms with Gasteiger partial charge < -0.3 is 5.11 Å². The van der Waals surface area contributed by atoms with Crippen molar-refractivity contribution in [2.45, 2.75) is 29.9 Å². The number of aliphatic hydroxyl groups excluding tert-OH is 1. The predicted molar refractivity (Wildman–Crippen MR) is 93.3 cm³/mol. The summed E-state index contributed by atoms with van der Waals surface area (Å²) in [5.74, 6) is 0.274. The highest BCUT2D eigenvalue weighted by molar-refractivity contribution is 7.98. The molecule has 2 aromatic carbocycles. The molecule has 0 saturated carbocycles. The summed E-state index contributed by atoms with van der Waals surface area (Å²) in [7, 11) is 0. The van der Waals surface area contributed by atoms with Crippen LogP contribution in [-0.4, -0.2) is 35.5 Å². The summed E-state index contributed by atoms with van der Waals surface area (Å²) in [6.07, 6.45) is 2.84. The Balaban J connectivity index is 1.60. The van der Waals surface area contributed by atoms with Gasteiger partial charge in [-0.25, -0.2) is 0 Å². The maximum Gasteiger partial charge on any atom is 0.0736 e. The highest BCUT2D eigenvalue weighted by Crippen LogP contribution is 2.29. The van der Waals surface area contributed by atoms with Crippen molar-refractivity contribution in [1.82, 2.24) is 4.90 Å². The summed E-state index contributed by atoms with van der Waals surface area (Å²) in [6, 6.07) is 19.1. The first kappa shape index (κ1) is 15.6. The molecule has 22 heavy (non-hydrogen) atoms. The van der Waals surface area contributed by atoms with Crippen LogP contribution in [0.1, 0.15) is 23.5 Å². The quantitative estimate of drug-likeness (QED) is 0.870. The van der Waals surface area contributed by atoms with Crippen LogP contribution in [0, 0.1) is 0 Å². The number of hydrogen-bond donors (Lipinski definition) is 1. The Morgan fingerprint density at radius 2 is 1.82 bits per heavy atom. The molecule has 1 N–H and O–H groups in total. The van der Waals surface area contributed by atoms with Gasteiger partial charge in [0.1, 0.15) is 0 Å². The molecule has 116 valence electrons. The Morgan fingerprint density at radius 3 is 2.45 bits per heavy atom. The number of hydrogen-bond acceptors (Lipinski definition) is 3. The molecule has 0 spiro atoms. The zero-order valence-electron chi connectivity index (χ0n) is 13.0. The largest absolute Gasteiger partial charge is 0.391 e. The number of nitrogens with zero attached hydrogens (tertiary/aromatic N) is 1. The molecular weight excluding hydrogens is 290 g/mol. The lowest BCUT2D eigenvalue weighted by Gasteiger charge is -2.36. The number of likely N-dealkylation sites (tertiary alicyclic amines) is 1. The standard InChI is InChI=1S/C19H23NOS/c1-22-17-9-7-15(8-10-17)13-20-12-11-18(19(21)14-20)16-5-3-2-4-6-16/h2-10,18-19,21H,11-14H2,1H3/t18-,19-/m1/s1. The average Bonchev–Trinajstić information content (AvgIpc) is 2.56. The average molecular weight is 313 g/mol. The molecule has 0 aliphatic carbocycles. The van der Waals surface area contributed by atoms with Gasteiger partial charge in [-0.3, -0.25) is 4.90 Å². The van der Waals surface area contributed by atoms with Gasteiger partial charge in [-0.1, -0.05) is 42.5 Å². The zero-order valence-corrected chi connectivity index (χ0v) is 13.8. The number of aliphatic hydroxyl groups is 1. The van der Waals surface area contributed by atoms with Crippen molar-refractivity contribution in [3.05, 3.63) is 65.7 Å². The predicted octanol–water partition coefficient (Wildman–Crippen LogP) is 3.76. The zero-order chi connectivity index (χ0) is 15.4. The first-order valence-corrected chi connectivity index (χ1v) is 9.07.